The maximum atomic E-state index is 12.8. The lowest BCUT2D eigenvalue weighted by molar-refractivity contribution is 0.0290. The third kappa shape index (κ3) is 3.71. The van der Waals surface area contributed by atoms with Crippen LogP contribution in [0.3, 0.4) is 0 Å². The van der Waals surface area contributed by atoms with Crippen molar-refractivity contribution in [3.8, 4) is 0 Å². The second kappa shape index (κ2) is 6.99. The second-order valence-corrected chi connectivity index (χ2v) is 8.43. The molecule has 27 heavy (non-hydrogen) atoms. The van der Waals surface area contributed by atoms with Gasteiger partial charge in [-0.25, -0.2) is 13.1 Å². The standard InChI is InChI=1S/C18H20N4O4S/c1-11-8-13-4-3-5-16(17(13)19-9-11)27(23,24)20-10-14-6-7-15(25-14)18-21-12(2)22-26-18/h3-5,8-9,14-15,20H,6-7,10H2,1-2H3/t14-,15+/m1/s1. The molecular formula is C18H20N4O4S. The first-order valence-electron chi connectivity index (χ1n) is 8.73. The summed E-state index contributed by atoms with van der Waals surface area (Å²) in [5.74, 6) is 0.989. The molecular weight excluding hydrogens is 368 g/mol. The predicted molar refractivity (Wildman–Crippen MR) is 97.6 cm³/mol. The summed E-state index contributed by atoms with van der Waals surface area (Å²) < 4.78 is 39.2. The number of para-hydroxylation sites is 1. The second-order valence-electron chi connectivity index (χ2n) is 6.70. The van der Waals surface area contributed by atoms with E-state index in [-0.39, 0.29) is 23.6 Å². The van der Waals surface area contributed by atoms with Crippen molar-refractivity contribution in [1.82, 2.24) is 19.8 Å². The zero-order chi connectivity index (χ0) is 19.0. The Kier molecular flexibility index (Phi) is 4.67. The summed E-state index contributed by atoms with van der Waals surface area (Å²) in [5, 5.41) is 4.56. The van der Waals surface area contributed by atoms with Gasteiger partial charge in [0.2, 0.25) is 10.0 Å². The number of pyridine rings is 1. The number of hydrogen-bond donors (Lipinski definition) is 1. The van der Waals surface area contributed by atoms with Gasteiger partial charge in [0.25, 0.3) is 5.89 Å². The van der Waals surface area contributed by atoms with Gasteiger partial charge in [0.05, 0.1) is 11.6 Å². The minimum Gasteiger partial charge on any atom is -0.364 e. The number of hydrogen-bond acceptors (Lipinski definition) is 7. The number of aromatic nitrogens is 3. The van der Waals surface area contributed by atoms with Gasteiger partial charge >= 0.3 is 0 Å². The van der Waals surface area contributed by atoms with E-state index in [0.29, 0.717) is 30.1 Å². The van der Waals surface area contributed by atoms with Crippen molar-refractivity contribution < 1.29 is 17.7 Å². The van der Waals surface area contributed by atoms with Crippen LogP contribution in [0.1, 0.15) is 36.2 Å². The van der Waals surface area contributed by atoms with Crippen LogP contribution in [0.25, 0.3) is 10.9 Å². The van der Waals surface area contributed by atoms with Crippen molar-refractivity contribution in [2.45, 2.75) is 43.8 Å². The van der Waals surface area contributed by atoms with Crippen molar-refractivity contribution in [3.63, 3.8) is 0 Å². The summed E-state index contributed by atoms with van der Waals surface area (Å²) in [7, 11) is -3.71. The van der Waals surface area contributed by atoms with Crippen LogP contribution >= 0.6 is 0 Å². The molecule has 0 unspecified atom stereocenters. The molecule has 3 aromatic rings. The lowest BCUT2D eigenvalue weighted by Crippen LogP contribution is -2.32. The van der Waals surface area contributed by atoms with Gasteiger partial charge in [-0.3, -0.25) is 4.98 Å². The van der Waals surface area contributed by atoms with Crippen molar-refractivity contribution in [2.24, 2.45) is 0 Å². The van der Waals surface area contributed by atoms with E-state index in [0.717, 1.165) is 10.9 Å². The zero-order valence-corrected chi connectivity index (χ0v) is 15.9. The first-order chi connectivity index (χ1) is 12.9. The van der Waals surface area contributed by atoms with Crippen LogP contribution in [0.5, 0.6) is 0 Å². The van der Waals surface area contributed by atoms with Crippen molar-refractivity contribution >= 4 is 20.9 Å². The number of nitrogens with zero attached hydrogens (tertiary/aromatic N) is 3. The van der Waals surface area contributed by atoms with Crippen LogP contribution in [0, 0.1) is 13.8 Å². The molecule has 1 aliphatic heterocycles. The van der Waals surface area contributed by atoms with Crippen LogP contribution in [-0.4, -0.2) is 36.2 Å². The molecule has 2 atom stereocenters. The maximum Gasteiger partial charge on any atom is 0.255 e. The quantitative estimate of drug-likeness (QED) is 0.715. The summed E-state index contributed by atoms with van der Waals surface area (Å²) >= 11 is 0. The van der Waals surface area contributed by atoms with Crippen LogP contribution in [0.4, 0.5) is 0 Å². The molecule has 0 amide bonds. The third-order valence-corrected chi connectivity index (χ3v) is 5.98. The summed E-state index contributed by atoms with van der Waals surface area (Å²) in [6, 6.07) is 7.05. The molecule has 8 nitrogen and oxygen atoms in total. The molecule has 142 valence electrons. The van der Waals surface area contributed by atoms with E-state index in [1.54, 1.807) is 25.3 Å². The Bertz CT molecular complexity index is 1080. The summed E-state index contributed by atoms with van der Waals surface area (Å²) in [4.78, 5) is 8.65. The Balaban J connectivity index is 1.47. The Labute approximate surface area is 157 Å². The van der Waals surface area contributed by atoms with E-state index in [9.17, 15) is 8.42 Å². The number of rotatable bonds is 5. The number of nitrogens with one attached hydrogen (secondary N) is 1. The van der Waals surface area contributed by atoms with Gasteiger partial charge in [0.1, 0.15) is 11.0 Å². The van der Waals surface area contributed by atoms with Gasteiger partial charge in [-0.1, -0.05) is 17.3 Å². The van der Waals surface area contributed by atoms with E-state index < -0.39 is 10.0 Å². The zero-order valence-electron chi connectivity index (χ0n) is 15.0. The highest BCUT2D eigenvalue weighted by molar-refractivity contribution is 7.89. The Morgan fingerprint density at radius 3 is 2.89 bits per heavy atom. The lowest BCUT2D eigenvalue weighted by Gasteiger charge is -2.14. The first kappa shape index (κ1) is 18.0. The molecule has 0 saturated carbocycles. The van der Waals surface area contributed by atoms with Gasteiger partial charge in [-0.05, 0) is 44.4 Å². The van der Waals surface area contributed by atoms with E-state index in [2.05, 4.69) is 19.8 Å². The van der Waals surface area contributed by atoms with Crippen molar-refractivity contribution in [1.29, 1.82) is 0 Å². The fourth-order valence-corrected chi connectivity index (χ4v) is 4.47. The van der Waals surface area contributed by atoms with Gasteiger partial charge in [-0.15, -0.1) is 0 Å². The van der Waals surface area contributed by atoms with E-state index >= 15 is 0 Å². The number of benzene rings is 1. The summed E-state index contributed by atoms with van der Waals surface area (Å²) in [6.45, 7) is 3.84. The average molecular weight is 388 g/mol. The summed E-state index contributed by atoms with van der Waals surface area (Å²) in [5.41, 5.74) is 1.44. The largest absolute Gasteiger partial charge is 0.364 e. The molecule has 9 heteroatoms. The molecule has 4 rings (SSSR count). The SMILES string of the molecule is Cc1cnc2c(S(=O)(=O)NC[C@H]3CC[C@@H](c4nc(C)no4)O3)cccc2c1. The van der Waals surface area contributed by atoms with E-state index in [1.807, 2.05) is 19.1 Å². The molecule has 1 aromatic carbocycles. The molecule has 0 bridgehead atoms. The fourth-order valence-electron chi connectivity index (χ4n) is 3.22. The Morgan fingerprint density at radius 1 is 1.26 bits per heavy atom. The topological polar surface area (TPSA) is 107 Å². The number of sulfonamides is 1. The number of aryl methyl sites for hydroxylation is 2. The molecule has 1 aliphatic rings. The maximum absolute atomic E-state index is 12.8. The van der Waals surface area contributed by atoms with Gasteiger partial charge in [-0.2, -0.15) is 4.98 Å². The molecule has 3 heterocycles. The van der Waals surface area contributed by atoms with Gasteiger partial charge in [0, 0.05) is 18.1 Å². The van der Waals surface area contributed by atoms with Crippen molar-refractivity contribution in [2.75, 3.05) is 6.54 Å². The molecule has 1 saturated heterocycles. The smallest absolute Gasteiger partial charge is 0.255 e. The van der Waals surface area contributed by atoms with Crippen LogP contribution in [0.2, 0.25) is 0 Å². The molecule has 0 spiro atoms. The Hall–Kier alpha value is -2.36. The lowest BCUT2D eigenvalue weighted by atomic mass is 10.2. The third-order valence-electron chi connectivity index (χ3n) is 4.53. The Morgan fingerprint density at radius 2 is 2.11 bits per heavy atom. The highest BCUT2D eigenvalue weighted by atomic mass is 32.2. The minimum atomic E-state index is -3.71. The first-order valence-corrected chi connectivity index (χ1v) is 10.2. The monoisotopic (exact) mass is 388 g/mol. The highest BCUT2D eigenvalue weighted by Gasteiger charge is 2.31. The predicted octanol–water partition coefficient (Wildman–Crippen LogP) is 2.43. The van der Waals surface area contributed by atoms with Gasteiger partial charge in [0.15, 0.2) is 5.82 Å². The van der Waals surface area contributed by atoms with Crippen LogP contribution in [0.15, 0.2) is 39.9 Å². The normalized spacial score (nSPS) is 20.4. The van der Waals surface area contributed by atoms with E-state index in [4.69, 9.17) is 9.26 Å². The highest BCUT2D eigenvalue weighted by Crippen LogP contribution is 2.31. The molecule has 2 aromatic heterocycles. The summed E-state index contributed by atoms with van der Waals surface area (Å²) in [6.07, 6.45) is 2.55. The van der Waals surface area contributed by atoms with Gasteiger partial charge < -0.3 is 9.26 Å². The number of ether oxygens (including phenoxy) is 1. The minimum absolute atomic E-state index is 0.169. The molecule has 1 N–H and O–H groups in total. The van der Waals surface area contributed by atoms with Crippen molar-refractivity contribution in [3.05, 3.63) is 47.7 Å². The molecule has 0 aliphatic carbocycles. The van der Waals surface area contributed by atoms with E-state index in [1.165, 1.54) is 0 Å². The van der Waals surface area contributed by atoms with Crippen LogP contribution < -0.4 is 4.72 Å². The molecule has 0 radical (unpaired) electrons. The number of fused-ring (bicyclic) bond motifs is 1. The fraction of sp³-hybridized carbons (Fsp3) is 0.389. The average Bonchev–Trinajstić information content (AvgIpc) is 3.28. The molecule has 1 fully saturated rings. The van der Waals surface area contributed by atoms with Crippen LogP contribution in [-0.2, 0) is 14.8 Å².